The topological polar surface area (TPSA) is 40.5 Å². The van der Waals surface area contributed by atoms with Gasteiger partial charge in [0.1, 0.15) is 11.5 Å². The molecule has 0 aromatic heterocycles. The predicted octanol–water partition coefficient (Wildman–Crippen LogP) is 5.03. The van der Waals surface area contributed by atoms with Crippen molar-refractivity contribution in [1.82, 2.24) is 0 Å². The molecule has 2 nitrogen and oxygen atoms in total. The Bertz CT molecular complexity index is 686. The van der Waals surface area contributed by atoms with E-state index in [4.69, 9.17) is 0 Å². The average Bonchev–Trinajstić information content (AvgIpc) is 2.53. The average molecular weight is 282 g/mol. The van der Waals surface area contributed by atoms with E-state index in [-0.39, 0.29) is 5.92 Å². The largest absolute Gasteiger partial charge is 0.507 e. The molecule has 0 radical (unpaired) electrons. The maximum atomic E-state index is 10.7. The third kappa shape index (κ3) is 2.39. The Balaban J connectivity index is 2.11. The van der Waals surface area contributed by atoms with Gasteiger partial charge < -0.3 is 10.2 Å². The van der Waals surface area contributed by atoms with Crippen molar-refractivity contribution in [1.29, 1.82) is 0 Å². The highest BCUT2D eigenvalue weighted by Crippen LogP contribution is 2.46. The standard InChI is InChI=1S/C19H22O2/c1-2-3-4-8-13-9-7-12-16-17(13)19(21)15-11-6-5-10-14(15)18(16)20/h5-7,9-11,13,20-21H,2-4,8,12H2,1H3. The molecule has 1 unspecified atom stereocenters. The van der Waals surface area contributed by atoms with Gasteiger partial charge in [-0.15, -0.1) is 0 Å². The Labute approximate surface area is 125 Å². The monoisotopic (exact) mass is 282 g/mol. The van der Waals surface area contributed by atoms with E-state index < -0.39 is 0 Å². The molecule has 0 bridgehead atoms. The second-order valence-corrected chi connectivity index (χ2v) is 5.87. The quantitative estimate of drug-likeness (QED) is 0.469. The van der Waals surface area contributed by atoms with Crippen LogP contribution in [0.4, 0.5) is 0 Å². The van der Waals surface area contributed by atoms with Gasteiger partial charge >= 0.3 is 0 Å². The highest BCUT2D eigenvalue weighted by atomic mass is 16.3. The molecule has 2 aromatic carbocycles. The van der Waals surface area contributed by atoms with Gasteiger partial charge in [0, 0.05) is 27.8 Å². The number of hydrogen-bond acceptors (Lipinski definition) is 2. The summed E-state index contributed by atoms with van der Waals surface area (Å²) in [6.45, 7) is 2.20. The summed E-state index contributed by atoms with van der Waals surface area (Å²) in [5, 5.41) is 22.8. The van der Waals surface area contributed by atoms with E-state index in [1.54, 1.807) is 0 Å². The van der Waals surface area contributed by atoms with Crippen LogP contribution in [0.3, 0.4) is 0 Å². The molecular formula is C19H22O2. The second-order valence-electron chi connectivity index (χ2n) is 5.87. The van der Waals surface area contributed by atoms with E-state index in [0.717, 1.165) is 34.7 Å². The summed E-state index contributed by atoms with van der Waals surface area (Å²) in [5.74, 6) is 0.906. The Kier molecular flexibility index (Phi) is 3.87. The number of unbranched alkanes of at least 4 members (excludes halogenated alkanes) is 2. The highest BCUT2D eigenvalue weighted by molar-refractivity contribution is 5.96. The smallest absolute Gasteiger partial charge is 0.127 e. The van der Waals surface area contributed by atoms with Crippen LogP contribution in [0, 0.1) is 0 Å². The molecule has 0 saturated carbocycles. The lowest BCUT2D eigenvalue weighted by Gasteiger charge is -2.24. The molecule has 0 amide bonds. The third-order valence-corrected chi connectivity index (χ3v) is 4.48. The number of phenols is 2. The van der Waals surface area contributed by atoms with Gasteiger partial charge in [-0.2, -0.15) is 0 Å². The van der Waals surface area contributed by atoms with Crippen LogP contribution in [0.5, 0.6) is 11.5 Å². The lowest BCUT2D eigenvalue weighted by Crippen LogP contribution is -2.06. The van der Waals surface area contributed by atoms with Gasteiger partial charge in [0.15, 0.2) is 0 Å². The summed E-state index contributed by atoms with van der Waals surface area (Å²) < 4.78 is 0. The van der Waals surface area contributed by atoms with Gasteiger partial charge in [-0.05, 0) is 12.8 Å². The van der Waals surface area contributed by atoms with Crippen LogP contribution >= 0.6 is 0 Å². The molecule has 1 atom stereocenters. The van der Waals surface area contributed by atoms with E-state index in [1.165, 1.54) is 12.8 Å². The molecule has 1 aliphatic rings. The van der Waals surface area contributed by atoms with Gasteiger partial charge in [-0.3, -0.25) is 0 Å². The van der Waals surface area contributed by atoms with Crippen molar-refractivity contribution in [3.05, 3.63) is 47.5 Å². The van der Waals surface area contributed by atoms with Crippen molar-refractivity contribution in [2.75, 3.05) is 0 Å². The maximum absolute atomic E-state index is 10.7. The summed E-state index contributed by atoms with van der Waals surface area (Å²) in [5.41, 5.74) is 1.83. The number of rotatable bonds is 4. The highest BCUT2D eigenvalue weighted by Gasteiger charge is 2.25. The van der Waals surface area contributed by atoms with Gasteiger partial charge in [0.05, 0.1) is 0 Å². The number of aromatic hydroxyl groups is 2. The minimum Gasteiger partial charge on any atom is -0.507 e. The van der Waals surface area contributed by atoms with Crippen LogP contribution in [0.25, 0.3) is 10.8 Å². The molecule has 1 aliphatic carbocycles. The van der Waals surface area contributed by atoms with Crippen LogP contribution in [0.15, 0.2) is 36.4 Å². The molecule has 3 rings (SSSR count). The molecular weight excluding hydrogens is 260 g/mol. The Morgan fingerprint density at radius 3 is 2.48 bits per heavy atom. The molecule has 110 valence electrons. The zero-order valence-corrected chi connectivity index (χ0v) is 12.5. The first-order chi connectivity index (χ1) is 10.2. The molecule has 0 heterocycles. The van der Waals surface area contributed by atoms with Crippen LogP contribution in [-0.4, -0.2) is 10.2 Å². The van der Waals surface area contributed by atoms with Gasteiger partial charge in [0.25, 0.3) is 0 Å². The van der Waals surface area contributed by atoms with Gasteiger partial charge in [0.2, 0.25) is 0 Å². The molecule has 21 heavy (non-hydrogen) atoms. The third-order valence-electron chi connectivity index (χ3n) is 4.48. The summed E-state index contributed by atoms with van der Waals surface area (Å²) in [6.07, 6.45) is 9.58. The fourth-order valence-electron chi connectivity index (χ4n) is 3.38. The lowest BCUT2D eigenvalue weighted by molar-refractivity contribution is 0.451. The number of allylic oxidation sites excluding steroid dienone is 2. The fraction of sp³-hybridized carbons (Fsp3) is 0.368. The molecule has 0 aliphatic heterocycles. The van der Waals surface area contributed by atoms with Crippen molar-refractivity contribution in [3.63, 3.8) is 0 Å². The van der Waals surface area contributed by atoms with E-state index >= 15 is 0 Å². The molecule has 0 fully saturated rings. The van der Waals surface area contributed by atoms with Crippen molar-refractivity contribution < 1.29 is 10.2 Å². The molecule has 0 spiro atoms. The van der Waals surface area contributed by atoms with Crippen LogP contribution in [-0.2, 0) is 6.42 Å². The summed E-state index contributed by atoms with van der Waals surface area (Å²) >= 11 is 0. The minimum atomic E-state index is 0.218. The van der Waals surface area contributed by atoms with E-state index in [0.29, 0.717) is 17.9 Å². The first-order valence-corrected chi connectivity index (χ1v) is 7.86. The number of benzene rings is 2. The number of hydrogen-bond donors (Lipinski definition) is 2. The molecule has 2 N–H and O–H groups in total. The van der Waals surface area contributed by atoms with Gasteiger partial charge in [-0.1, -0.05) is 62.6 Å². The van der Waals surface area contributed by atoms with Gasteiger partial charge in [-0.25, -0.2) is 0 Å². The SMILES string of the molecule is CCCCCC1C=CCc2c1c(O)c1ccccc1c2O. The van der Waals surface area contributed by atoms with Crippen LogP contribution in [0.1, 0.15) is 49.7 Å². The maximum Gasteiger partial charge on any atom is 0.127 e. The minimum absolute atomic E-state index is 0.218. The molecule has 0 saturated heterocycles. The Morgan fingerprint density at radius 2 is 1.76 bits per heavy atom. The zero-order chi connectivity index (χ0) is 14.8. The van der Waals surface area contributed by atoms with Crippen molar-refractivity contribution >= 4 is 10.8 Å². The Morgan fingerprint density at radius 1 is 1.05 bits per heavy atom. The number of phenolic OH excluding ortho intramolecular Hbond substituents is 2. The van der Waals surface area contributed by atoms with Crippen molar-refractivity contribution in [3.8, 4) is 11.5 Å². The summed E-state index contributed by atoms with van der Waals surface area (Å²) in [7, 11) is 0. The predicted molar refractivity (Wildman–Crippen MR) is 87.0 cm³/mol. The summed E-state index contributed by atoms with van der Waals surface area (Å²) in [4.78, 5) is 0. The van der Waals surface area contributed by atoms with E-state index in [1.807, 2.05) is 24.3 Å². The first kappa shape index (κ1) is 14.0. The van der Waals surface area contributed by atoms with Crippen LogP contribution in [0.2, 0.25) is 0 Å². The normalized spacial score (nSPS) is 17.1. The van der Waals surface area contributed by atoms with Crippen LogP contribution < -0.4 is 0 Å². The molecule has 2 heteroatoms. The first-order valence-electron chi connectivity index (χ1n) is 7.86. The van der Waals surface area contributed by atoms with E-state index in [9.17, 15) is 10.2 Å². The van der Waals surface area contributed by atoms with Crippen molar-refractivity contribution in [2.24, 2.45) is 0 Å². The second kappa shape index (κ2) is 5.80. The Hall–Kier alpha value is -1.96. The van der Waals surface area contributed by atoms with E-state index in [2.05, 4.69) is 19.1 Å². The number of fused-ring (bicyclic) bond motifs is 2. The fourth-order valence-corrected chi connectivity index (χ4v) is 3.38. The summed E-state index contributed by atoms with van der Waals surface area (Å²) in [6, 6.07) is 7.55. The lowest BCUT2D eigenvalue weighted by atomic mass is 9.81. The molecule has 2 aromatic rings. The van der Waals surface area contributed by atoms with Crippen molar-refractivity contribution in [2.45, 2.75) is 44.9 Å². The zero-order valence-electron chi connectivity index (χ0n) is 12.5.